The highest BCUT2D eigenvalue weighted by molar-refractivity contribution is 7.13. The molecule has 5 nitrogen and oxygen atoms in total. The van der Waals surface area contributed by atoms with E-state index in [0.717, 1.165) is 27.1 Å². The number of nitrogens with one attached hydrogen (secondary N) is 1. The SMILES string of the molecule is Cc1nn(CC(=O)NCc2ccccc2Cl)c2nccc(-c3cccs3)c12. The van der Waals surface area contributed by atoms with Gasteiger partial charge in [0, 0.05) is 28.2 Å². The molecule has 1 N–H and O–H groups in total. The summed E-state index contributed by atoms with van der Waals surface area (Å²) in [5, 5.41) is 11.1. The smallest absolute Gasteiger partial charge is 0.242 e. The third-order valence-corrected chi connectivity index (χ3v) is 5.59. The molecule has 0 fully saturated rings. The topological polar surface area (TPSA) is 59.8 Å². The molecule has 0 aliphatic heterocycles. The van der Waals surface area contributed by atoms with Gasteiger partial charge in [-0.1, -0.05) is 35.9 Å². The third kappa shape index (κ3) is 3.59. The Hall–Kier alpha value is -2.70. The maximum absolute atomic E-state index is 12.4. The molecule has 0 bridgehead atoms. The van der Waals surface area contributed by atoms with Gasteiger partial charge in [-0.05, 0) is 36.1 Å². The number of nitrogens with zero attached hydrogens (tertiary/aromatic N) is 3. The van der Waals surface area contributed by atoms with Gasteiger partial charge in [-0.3, -0.25) is 4.79 Å². The summed E-state index contributed by atoms with van der Waals surface area (Å²) in [5.41, 5.74) is 3.55. The van der Waals surface area contributed by atoms with E-state index < -0.39 is 0 Å². The highest BCUT2D eigenvalue weighted by atomic mass is 35.5. The lowest BCUT2D eigenvalue weighted by Crippen LogP contribution is -2.27. The lowest BCUT2D eigenvalue weighted by Gasteiger charge is -2.07. The van der Waals surface area contributed by atoms with Crippen LogP contribution in [0.25, 0.3) is 21.5 Å². The molecule has 1 amide bonds. The summed E-state index contributed by atoms with van der Waals surface area (Å²) < 4.78 is 1.66. The lowest BCUT2D eigenvalue weighted by molar-refractivity contribution is -0.121. The summed E-state index contributed by atoms with van der Waals surface area (Å²) in [6.45, 7) is 2.43. The number of benzene rings is 1. The summed E-state index contributed by atoms with van der Waals surface area (Å²) in [4.78, 5) is 18.0. The molecule has 0 aliphatic rings. The predicted octanol–water partition coefficient (Wildman–Crippen LogP) is 4.44. The predicted molar refractivity (Wildman–Crippen MR) is 109 cm³/mol. The fraction of sp³-hybridized carbons (Fsp3) is 0.150. The number of rotatable bonds is 5. The van der Waals surface area contributed by atoms with E-state index in [-0.39, 0.29) is 12.5 Å². The van der Waals surface area contributed by atoms with Crippen LogP contribution in [0.1, 0.15) is 11.3 Å². The monoisotopic (exact) mass is 396 g/mol. The minimum Gasteiger partial charge on any atom is -0.350 e. The number of hydrogen-bond donors (Lipinski definition) is 1. The molecule has 4 rings (SSSR count). The van der Waals surface area contributed by atoms with Gasteiger partial charge >= 0.3 is 0 Å². The van der Waals surface area contributed by atoms with Crippen LogP contribution in [0.5, 0.6) is 0 Å². The van der Waals surface area contributed by atoms with Crippen molar-refractivity contribution in [2.45, 2.75) is 20.0 Å². The summed E-state index contributed by atoms with van der Waals surface area (Å²) in [6, 6.07) is 13.6. The van der Waals surface area contributed by atoms with Crippen LogP contribution in [0.15, 0.2) is 54.0 Å². The van der Waals surface area contributed by atoms with Gasteiger partial charge in [0.15, 0.2) is 5.65 Å². The molecular weight excluding hydrogens is 380 g/mol. The average Bonchev–Trinajstić information content (AvgIpc) is 3.30. The molecule has 7 heteroatoms. The number of thiophene rings is 1. The Morgan fingerprint density at radius 3 is 2.85 bits per heavy atom. The fourth-order valence-electron chi connectivity index (χ4n) is 3.06. The van der Waals surface area contributed by atoms with E-state index in [1.54, 1.807) is 22.2 Å². The van der Waals surface area contributed by atoms with E-state index in [0.29, 0.717) is 17.2 Å². The number of hydrogen-bond acceptors (Lipinski definition) is 4. The first-order valence-electron chi connectivity index (χ1n) is 8.49. The molecule has 136 valence electrons. The van der Waals surface area contributed by atoms with Gasteiger partial charge in [-0.15, -0.1) is 11.3 Å². The molecule has 0 radical (unpaired) electrons. The summed E-state index contributed by atoms with van der Waals surface area (Å²) >= 11 is 7.81. The molecule has 1 aromatic carbocycles. The van der Waals surface area contributed by atoms with Gasteiger partial charge in [0.25, 0.3) is 0 Å². The Morgan fingerprint density at radius 1 is 1.22 bits per heavy atom. The number of pyridine rings is 1. The first kappa shape index (κ1) is 17.7. The van der Waals surface area contributed by atoms with Crippen molar-refractivity contribution in [2.75, 3.05) is 0 Å². The Bertz CT molecular complexity index is 1100. The van der Waals surface area contributed by atoms with Crippen molar-refractivity contribution in [2.24, 2.45) is 0 Å². The molecule has 0 saturated heterocycles. The van der Waals surface area contributed by atoms with Crippen LogP contribution in [-0.4, -0.2) is 20.7 Å². The Morgan fingerprint density at radius 2 is 2.07 bits per heavy atom. The molecule has 0 atom stereocenters. The van der Waals surface area contributed by atoms with Gasteiger partial charge in [-0.25, -0.2) is 9.67 Å². The molecule has 0 saturated carbocycles. The van der Waals surface area contributed by atoms with Crippen LogP contribution in [0.3, 0.4) is 0 Å². The Labute approximate surface area is 165 Å². The first-order valence-corrected chi connectivity index (χ1v) is 9.75. The number of aryl methyl sites for hydroxylation is 1. The number of carbonyl (C=O) groups is 1. The van der Waals surface area contributed by atoms with Crippen molar-refractivity contribution in [3.05, 3.63) is 70.3 Å². The molecule has 27 heavy (non-hydrogen) atoms. The zero-order valence-corrected chi connectivity index (χ0v) is 16.2. The number of aromatic nitrogens is 3. The van der Waals surface area contributed by atoms with Crippen molar-refractivity contribution in [3.8, 4) is 10.4 Å². The van der Waals surface area contributed by atoms with Crippen molar-refractivity contribution in [1.82, 2.24) is 20.1 Å². The molecule has 3 heterocycles. The van der Waals surface area contributed by atoms with Gasteiger partial charge in [0.1, 0.15) is 6.54 Å². The van der Waals surface area contributed by atoms with Crippen molar-refractivity contribution < 1.29 is 4.79 Å². The van der Waals surface area contributed by atoms with E-state index in [1.807, 2.05) is 48.7 Å². The van der Waals surface area contributed by atoms with Crippen molar-refractivity contribution in [1.29, 1.82) is 0 Å². The second-order valence-corrected chi connectivity index (χ2v) is 7.50. The first-order chi connectivity index (χ1) is 13.1. The minimum atomic E-state index is -0.136. The van der Waals surface area contributed by atoms with Crippen LogP contribution >= 0.6 is 22.9 Å². The van der Waals surface area contributed by atoms with Gasteiger partial charge < -0.3 is 5.32 Å². The van der Waals surface area contributed by atoms with Crippen LogP contribution in [0.2, 0.25) is 5.02 Å². The molecule has 0 spiro atoms. The summed E-state index contributed by atoms with van der Waals surface area (Å²) in [7, 11) is 0. The maximum atomic E-state index is 12.4. The summed E-state index contributed by atoms with van der Waals surface area (Å²) in [5.74, 6) is -0.136. The molecular formula is C20H17ClN4OS. The van der Waals surface area contributed by atoms with Gasteiger partial charge in [-0.2, -0.15) is 5.10 Å². The van der Waals surface area contributed by atoms with E-state index in [4.69, 9.17) is 11.6 Å². The molecule has 3 aromatic heterocycles. The van der Waals surface area contributed by atoms with Crippen LogP contribution in [0, 0.1) is 6.92 Å². The highest BCUT2D eigenvalue weighted by Crippen LogP contribution is 2.32. The normalized spacial score (nSPS) is 11.0. The van der Waals surface area contributed by atoms with Crippen molar-refractivity contribution in [3.63, 3.8) is 0 Å². The van der Waals surface area contributed by atoms with Crippen LogP contribution < -0.4 is 5.32 Å². The Kier molecular flexibility index (Phi) is 4.92. The maximum Gasteiger partial charge on any atom is 0.242 e. The number of carbonyl (C=O) groups excluding carboxylic acids is 1. The zero-order valence-electron chi connectivity index (χ0n) is 14.6. The molecule has 4 aromatic rings. The summed E-state index contributed by atoms with van der Waals surface area (Å²) in [6.07, 6.45) is 1.76. The zero-order chi connectivity index (χ0) is 18.8. The second-order valence-electron chi connectivity index (χ2n) is 6.15. The third-order valence-electron chi connectivity index (χ3n) is 4.32. The van der Waals surface area contributed by atoms with Crippen molar-refractivity contribution >= 4 is 39.9 Å². The van der Waals surface area contributed by atoms with E-state index >= 15 is 0 Å². The quantitative estimate of drug-likeness (QED) is 0.542. The van der Waals surface area contributed by atoms with Gasteiger partial charge in [0.05, 0.1) is 11.1 Å². The highest BCUT2D eigenvalue weighted by Gasteiger charge is 2.16. The Balaban J connectivity index is 1.57. The minimum absolute atomic E-state index is 0.107. The van der Waals surface area contributed by atoms with E-state index in [1.165, 1.54) is 0 Å². The van der Waals surface area contributed by atoms with E-state index in [2.05, 4.69) is 21.5 Å². The van der Waals surface area contributed by atoms with E-state index in [9.17, 15) is 4.79 Å². The fourth-order valence-corrected chi connectivity index (χ4v) is 4.02. The second kappa shape index (κ2) is 7.50. The average molecular weight is 397 g/mol. The van der Waals surface area contributed by atoms with Crippen LogP contribution in [-0.2, 0) is 17.9 Å². The number of fused-ring (bicyclic) bond motifs is 1. The number of amides is 1. The lowest BCUT2D eigenvalue weighted by atomic mass is 10.1. The number of halogens is 1. The largest absolute Gasteiger partial charge is 0.350 e. The molecule has 0 aliphatic carbocycles. The van der Waals surface area contributed by atoms with Crippen LogP contribution in [0.4, 0.5) is 0 Å². The molecule has 0 unspecified atom stereocenters. The standard InChI is InChI=1S/C20H17ClN4OS/c1-13-19-15(17-7-4-10-27-17)8-9-22-20(19)25(24-13)12-18(26)23-11-14-5-2-3-6-16(14)21/h2-10H,11-12H2,1H3,(H,23,26). The van der Waals surface area contributed by atoms with Gasteiger partial charge in [0.2, 0.25) is 5.91 Å².